The van der Waals surface area contributed by atoms with Crippen molar-refractivity contribution in [3.05, 3.63) is 14.7 Å². The van der Waals surface area contributed by atoms with Gasteiger partial charge in [-0.15, -0.1) is 11.3 Å². The summed E-state index contributed by atoms with van der Waals surface area (Å²) in [5.41, 5.74) is 0. The fourth-order valence-electron chi connectivity index (χ4n) is 1.11. The van der Waals surface area contributed by atoms with Gasteiger partial charge in [-0.2, -0.15) is 0 Å². The third-order valence-corrected chi connectivity index (χ3v) is 5.22. The molecule has 1 aromatic rings. The van der Waals surface area contributed by atoms with Crippen LogP contribution in [0.3, 0.4) is 0 Å². The first-order chi connectivity index (χ1) is 7.40. The molecule has 0 aliphatic heterocycles. The Morgan fingerprint density at radius 2 is 2.06 bits per heavy atom. The maximum atomic E-state index is 11.8. The largest absolute Gasteiger partial charge is 0.395 e. The van der Waals surface area contributed by atoms with Gasteiger partial charge in [-0.3, -0.25) is 0 Å². The number of aliphatic hydroxyl groups is 2. The first-order valence-corrected chi connectivity index (χ1v) is 7.50. The van der Waals surface area contributed by atoms with Gasteiger partial charge in [0.1, 0.15) is 0 Å². The molecule has 0 spiro atoms. The van der Waals surface area contributed by atoms with Crippen LogP contribution in [0.4, 0.5) is 0 Å². The maximum absolute atomic E-state index is 11.8. The zero-order valence-electron chi connectivity index (χ0n) is 8.47. The molecule has 0 bridgehead atoms. The Hall–Kier alpha value is 0.01000. The van der Waals surface area contributed by atoms with Crippen molar-refractivity contribution in [3.8, 4) is 0 Å². The minimum absolute atomic E-state index is 0.163. The molecule has 16 heavy (non-hydrogen) atoms. The van der Waals surface area contributed by atoms with Crippen molar-refractivity contribution < 1.29 is 18.6 Å². The molecule has 0 unspecified atom stereocenters. The Labute approximate surface area is 106 Å². The summed E-state index contributed by atoms with van der Waals surface area (Å²) in [5.74, 6) is 0. The first-order valence-electron chi connectivity index (χ1n) is 4.40. The van der Waals surface area contributed by atoms with Crippen LogP contribution in [0.5, 0.6) is 0 Å². The SMILES string of the molecule is Cc1sc(Br)cc1S(=O)(=O)NC(CO)CO. The second-order valence-electron chi connectivity index (χ2n) is 3.15. The van der Waals surface area contributed by atoms with E-state index in [4.69, 9.17) is 10.2 Å². The Bertz CT molecular complexity index is 453. The normalized spacial score (nSPS) is 12.3. The lowest BCUT2D eigenvalue weighted by molar-refractivity contribution is 0.185. The number of hydrogen-bond acceptors (Lipinski definition) is 5. The second-order valence-corrected chi connectivity index (χ2v) is 7.47. The van der Waals surface area contributed by atoms with Gasteiger partial charge in [0.2, 0.25) is 10.0 Å². The number of hydrogen-bond donors (Lipinski definition) is 3. The highest BCUT2D eigenvalue weighted by Gasteiger charge is 2.22. The lowest BCUT2D eigenvalue weighted by Crippen LogP contribution is -2.40. The van der Waals surface area contributed by atoms with E-state index in [0.717, 1.165) is 3.79 Å². The van der Waals surface area contributed by atoms with E-state index in [9.17, 15) is 8.42 Å². The Morgan fingerprint density at radius 3 is 2.44 bits per heavy atom. The number of rotatable bonds is 5. The zero-order valence-corrected chi connectivity index (χ0v) is 11.7. The van der Waals surface area contributed by atoms with E-state index in [-0.39, 0.29) is 4.90 Å². The molecule has 0 saturated heterocycles. The zero-order chi connectivity index (χ0) is 12.3. The molecule has 0 saturated carbocycles. The molecule has 3 N–H and O–H groups in total. The van der Waals surface area contributed by atoms with E-state index >= 15 is 0 Å². The molecule has 0 aliphatic carbocycles. The van der Waals surface area contributed by atoms with Crippen molar-refractivity contribution in [1.29, 1.82) is 0 Å². The average molecular weight is 330 g/mol. The third-order valence-electron chi connectivity index (χ3n) is 1.89. The van der Waals surface area contributed by atoms with Crippen LogP contribution in [0.2, 0.25) is 0 Å². The van der Waals surface area contributed by atoms with Crippen molar-refractivity contribution in [1.82, 2.24) is 4.72 Å². The maximum Gasteiger partial charge on any atom is 0.242 e. The quantitative estimate of drug-likeness (QED) is 0.732. The van der Waals surface area contributed by atoms with Gasteiger partial charge in [0, 0.05) is 4.88 Å². The number of aryl methyl sites for hydroxylation is 1. The lowest BCUT2D eigenvalue weighted by Gasteiger charge is -2.13. The number of halogens is 1. The summed E-state index contributed by atoms with van der Waals surface area (Å²) in [6.07, 6.45) is 0. The topological polar surface area (TPSA) is 86.6 Å². The number of aliphatic hydroxyl groups excluding tert-OH is 2. The standard InChI is InChI=1S/C8H12BrNO4S2/c1-5-7(2-8(9)15-5)16(13,14)10-6(3-11)4-12/h2,6,10-12H,3-4H2,1H3. The highest BCUT2D eigenvalue weighted by Crippen LogP contribution is 2.29. The molecular weight excluding hydrogens is 318 g/mol. The second kappa shape index (κ2) is 5.56. The number of thiophene rings is 1. The van der Waals surface area contributed by atoms with Gasteiger partial charge < -0.3 is 10.2 Å². The van der Waals surface area contributed by atoms with Crippen molar-refractivity contribution in [2.24, 2.45) is 0 Å². The van der Waals surface area contributed by atoms with Crippen LogP contribution < -0.4 is 4.72 Å². The van der Waals surface area contributed by atoms with Crippen LogP contribution in [-0.4, -0.2) is 37.9 Å². The molecule has 0 atom stereocenters. The predicted molar refractivity (Wildman–Crippen MR) is 65.0 cm³/mol. The summed E-state index contributed by atoms with van der Waals surface area (Å²) in [6, 6.07) is 0.622. The van der Waals surface area contributed by atoms with Gasteiger partial charge in [-0.25, -0.2) is 13.1 Å². The van der Waals surface area contributed by atoms with Crippen molar-refractivity contribution in [2.75, 3.05) is 13.2 Å². The van der Waals surface area contributed by atoms with E-state index in [0.29, 0.717) is 4.88 Å². The van der Waals surface area contributed by atoms with Gasteiger partial charge in [0.15, 0.2) is 0 Å². The lowest BCUT2D eigenvalue weighted by atomic mass is 10.4. The van der Waals surface area contributed by atoms with Gasteiger partial charge in [0.05, 0.1) is 27.9 Å². The summed E-state index contributed by atoms with van der Waals surface area (Å²) >= 11 is 4.51. The molecule has 0 fully saturated rings. The Morgan fingerprint density at radius 1 is 1.50 bits per heavy atom. The van der Waals surface area contributed by atoms with Gasteiger partial charge >= 0.3 is 0 Å². The van der Waals surface area contributed by atoms with E-state index in [2.05, 4.69) is 20.7 Å². The van der Waals surface area contributed by atoms with Crippen LogP contribution in [0.25, 0.3) is 0 Å². The number of sulfonamides is 1. The Kier molecular flexibility index (Phi) is 4.89. The van der Waals surface area contributed by atoms with Crippen molar-refractivity contribution >= 4 is 37.3 Å². The molecule has 0 aliphatic rings. The third kappa shape index (κ3) is 3.25. The molecule has 8 heteroatoms. The monoisotopic (exact) mass is 329 g/mol. The van der Waals surface area contributed by atoms with Crippen LogP contribution in [0.15, 0.2) is 14.7 Å². The van der Waals surface area contributed by atoms with Crippen LogP contribution in [0.1, 0.15) is 4.88 Å². The Balaban J connectivity index is 2.98. The van der Waals surface area contributed by atoms with Crippen molar-refractivity contribution in [2.45, 2.75) is 17.9 Å². The average Bonchev–Trinajstić information content (AvgIpc) is 2.55. The highest BCUT2D eigenvalue weighted by atomic mass is 79.9. The molecule has 5 nitrogen and oxygen atoms in total. The fourth-order valence-corrected chi connectivity index (χ4v) is 4.75. The molecule has 1 aromatic heterocycles. The molecular formula is C8H12BrNO4S2. The van der Waals surface area contributed by atoms with Crippen LogP contribution in [0, 0.1) is 6.92 Å². The minimum atomic E-state index is -3.68. The van der Waals surface area contributed by atoms with E-state index in [1.165, 1.54) is 17.4 Å². The molecule has 0 amide bonds. The fraction of sp³-hybridized carbons (Fsp3) is 0.500. The van der Waals surface area contributed by atoms with Gasteiger partial charge in [0.25, 0.3) is 0 Å². The smallest absolute Gasteiger partial charge is 0.242 e. The van der Waals surface area contributed by atoms with Crippen LogP contribution in [-0.2, 0) is 10.0 Å². The predicted octanol–water partition coefficient (Wildman–Crippen LogP) is 0.451. The molecule has 0 radical (unpaired) electrons. The van der Waals surface area contributed by atoms with Crippen LogP contribution >= 0.6 is 27.3 Å². The summed E-state index contributed by atoms with van der Waals surface area (Å²) in [5, 5.41) is 17.6. The molecule has 1 heterocycles. The molecule has 1 rings (SSSR count). The van der Waals surface area contributed by atoms with Crippen molar-refractivity contribution in [3.63, 3.8) is 0 Å². The van der Waals surface area contributed by atoms with Gasteiger partial charge in [-0.1, -0.05) is 0 Å². The van der Waals surface area contributed by atoms with E-state index in [1.54, 1.807) is 6.92 Å². The highest BCUT2D eigenvalue weighted by molar-refractivity contribution is 9.11. The summed E-state index contributed by atoms with van der Waals surface area (Å²) in [4.78, 5) is 0.810. The molecule has 92 valence electrons. The van der Waals surface area contributed by atoms with E-state index in [1.807, 2.05) is 0 Å². The molecule has 0 aromatic carbocycles. The first kappa shape index (κ1) is 14.1. The van der Waals surface area contributed by atoms with E-state index < -0.39 is 29.3 Å². The summed E-state index contributed by atoms with van der Waals surface area (Å²) < 4.78 is 26.6. The number of nitrogens with one attached hydrogen (secondary N) is 1. The minimum Gasteiger partial charge on any atom is -0.395 e. The van der Waals surface area contributed by atoms with Gasteiger partial charge in [-0.05, 0) is 28.9 Å². The summed E-state index contributed by atoms with van der Waals surface area (Å²) in [7, 11) is -3.68. The summed E-state index contributed by atoms with van der Waals surface area (Å²) in [6.45, 7) is 0.803.